The maximum Gasteiger partial charge on any atom is 0.213 e. The topological polar surface area (TPSA) is 49.8 Å². The Labute approximate surface area is 131 Å². The fourth-order valence-corrected chi connectivity index (χ4v) is 1.78. The van der Waals surface area contributed by atoms with E-state index < -0.39 is 0 Å². The Balaban J connectivity index is 2.15. The van der Waals surface area contributed by atoms with Gasteiger partial charge < -0.3 is 18.9 Å². The number of hydrogen-bond acceptors (Lipinski definition) is 5. The predicted molar refractivity (Wildman–Crippen MR) is 82.2 cm³/mol. The van der Waals surface area contributed by atoms with Crippen molar-refractivity contribution in [3.63, 3.8) is 0 Å². The molecule has 1 aromatic rings. The molecule has 1 aromatic heterocycles. The molecule has 0 N–H and O–H groups in total. The third-order valence-electron chi connectivity index (χ3n) is 2.71. The molecule has 0 aromatic carbocycles. The Kier molecular flexibility index (Phi) is 10.2. The maximum atomic E-state index is 5.85. The van der Waals surface area contributed by atoms with E-state index in [4.69, 9.17) is 30.5 Å². The van der Waals surface area contributed by atoms with E-state index in [9.17, 15) is 0 Å². The van der Waals surface area contributed by atoms with Crippen LogP contribution in [0.5, 0.6) is 5.88 Å². The van der Waals surface area contributed by atoms with Gasteiger partial charge in [-0.3, -0.25) is 0 Å². The van der Waals surface area contributed by atoms with Crippen molar-refractivity contribution < 1.29 is 18.9 Å². The predicted octanol–water partition coefficient (Wildman–Crippen LogP) is 2.44. The van der Waals surface area contributed by atoms with E-state index in [1.807, 2.05) is 12.1 Å². The molecule has 5 nitrogen and oxygen atoms in total. The summed E-state index contributed by atoms with van der Waals surface area (Å²) in [5, 5.41) is 0. The highest BCUT2D eigenvalue weighted by Gasteiger charge is 2.02. The number of hydrogen-bond donors (Lipinski definition) is 0. The van der Waals surface area contributed by atoms with Crippen LogP contribution >= 0.6 is 11.6 Å². The summed E-state index contributed by atoms with van der Waals surface area (Å²) in [5.41, 5.74) is 2.00. The first kappa shape index (κ1) is 18.2. The van der Waals surface area contributed by atoms with Gasteiger partial charge in [0.05, 0.1) is 33.0 Å². The van der Waals surface area contributed by atoms with E-state index in [0.717, 1.165) is 17.7 Å². The second-order valence-corrected chi connectivity index (χ2v) is 4.63. The number of alkyl halides is 1. The number of rotatable bonds is 12. The van der Waals surface area contributed by atoms with Gasteiger partial charge in [0.25, 0.3) is 0 Å². The second-order valence-electron chi connectivity index (χ2n) is 4.36. The molecule has 21 heavy (non-hydrogen) atoms. The van der Waals surface area contributed by atoms with Crippen LogP contribution in [0.2, 0.25) is 0 Å². The largest absolute Gasteiger partial charge is 0.475 e. The monoisotopic (exact) mass is 317 g/mol. The average molecular weight is 318 g/mol. The fourth-order valence-electron chi connectivity index (χ4n) is 1.62. The van der Waals surface area contributed by atoms with Crippen LogP contribution in [0.1, 0.15) is 18.2 Å². The molecule has 0 spiro atoms. The summed E-state index contributed by atoms with van der Waals surface area (Å²) < 4.78 is 21.1. The number of aromatic nitrogens is 1. The molecule has 0 saturated carbocycles. The van der Waals surface area contributed by atoms with Crippen molar-refractivity contribution >= 4 is 11.6 Å². The van der Waals surface area contributed by atoms with E-state index in [2.05, 4.69) is 11.9 Å². The number of nitrogens with zero attached hydrogens (tertiary/aromatic N) is 1. The highest BCUT2D eigenvalue weighted by Crippen LogP contribution is 2.15. The molecule has 0 amide bonds. The Bertz CT molecular complexity index is 368. The minimum atomic E-state index is 0.458. The van der Waals surface area contributed by atoms with E-state index in [1.165, 1.54) is 0 Å². The summed E-state index contributed by atoms with van der Waals surface area (Å²) in [6.45, 7) is 5.31. The lowest BCUT2D eigenvalue weighted by molar-refractivity contribution is 0.0176. The third-order valence-corrected chi connectivity index (χ3v) is 3.02. The zero-order valence-corrected chi connectivity index (χ0v) is 13.5. The molecule has 0 aliphatic rings. The van der Waals surface area contributed by atoms with Crippen LogP contribution in [0.4, 0.5) is 0 Å². The first-order chi connectivity index (χ1) is 10.3. The molecule has 1 heterocycles. The standard InChI is InChI=1S/C15H24ClNO4/c1-3-14-10-13(12-16)11-15(17-14)21-9-8-20-7-6-19-5-4-18-2/h10-11H,3-9,12H2,1-2H3. The summed E-state index contributed by atoms with van der Waals surface area (Å²) in [6.07, 6.45) is 0.858. The summed E-state index contributed by atoms with van der Waals surface area (Å²) in [6, 6.07) is 3.85. The molecular weight excluding hydrogens is 294 g/mol. The van der Waals surface area contributed by atoms with Gasteiger partial charge in [0.1, 0.15) is 6.61 Å². The molecular formula is C15H24ClNO4. The molecule has 0 aliphatic carbocycles. The third kappa shape index (κ3) is 8.21. The van der Waals surface area contributed by atoms with Crippen LogP contribution in [0.15, 0.2) is 12.1 Å². The first-order valence-corrected chi connectivity index (χ1v) is 7.66. The number of pyridine rings is 1. The van der Waals surface area contributed by atoms with Gasteiger partial charge >= 0.3 is 0 Å². The minimum absolute atomic E-state index is 0.458. The van der Waals surface area contributed by atoms with Crippen LogP contribution in [-0.4, -0.2) is 51.7 Å². The van der Waals surface area contributed by atoms with Gasteiger partial charge in [-0.2, -0.15) is 0 Å². The molecule has 0 radical (unpaired) electrons. The van der Waals surface area contributed by atoms with Crippen molar-refractivity contribution in [3.05, 3.63) is 23.4 Å². The van der Waals surface area contributed by atoms with Crippen molar-refractivity contribution in [1.82, 2.24) is 4.98 Å². The molecule has 0 atom stereocenters. The maximum absolute atomic E-state index is 5.85. The van der Waals surface area contributed by atoms with Crippen LogP contribution < -0.4 is 4.74 Å². The lowest BCUT2D eigenvalue weighted by Crippen LogP contribution is -2.13. The van der Waals surface area contributed by atoms with Crippen molar-refractivity contribution in [3.8, 4) is 5.88 Å². The van der Waals surface area contributed by atoms with E-state index in [-0.39, 0.29) is 0 Å². The van der Waals surface area contributed by atoms with Crippen molar-refractivity contribution in [2.24, 2.45) is 0 Å². The van der Waals surface area contributed by atoms with E-state index in [0.29, 0.717) is 51.4 Å². The fraction of sp³-hybridized carbons (Fsp3) is 0.667. The smallest absolute Gasteiger partial charge is 0.213 e. The molecule has 120 valence electrons. The van der Waals surface area contributed by atoms with Crippen LogP contribution in [0.3, 0.4) is 0 Å². The summed E-state index contributed by atoms with van der Waals surface area (Å²) in [5.74, 6) is 1.06. The van der Waals surface area contributed by atoms with Gasteiger partial charge in [-0.25, -0.2) is 4.98 Å². The van der Waals surface area contributed by atoms with Gasteiger partial charge in [0, 0.05) is 24.8 Å². The van der Waals surface area contributed by atoms with Crippen molar-refractivity contribution in [1.29, 1.82) is 0 Å². The molecule has 0 unspecified atom stereocenters. The number of halogens is 1. The lowest BCUT2D eigenvalue weighted by Gasteiger charge is -2.09. The van der Waals surface area contributed by atoms with Gasteiger partial charge in [0.15, 0.2) is 0 Å². The Morgan fingerprint density at radius 2 is 1.67 bits per heavy atom. The average Bonchev–Trinajstić information content (AvgIpc) is 2.52. The van der Waals surface area contributed by atoms with Gasteiger partial charge in [-0.05, 0) is 18.1 Å². The highest BCUT2D eigenvalue weighted by atomic mass is 35.5. The second kappa shape index (κ2) is 11.7. The molecule has 6 heteroatoms. The van der Waals surface area contributed by atoms with Gasteiger partial charge in [0.2, 0.25) is 5.88 Å². The Morgan fingerprint density at radius 3 is 2.29 bits per heavy atom. The summed E-state index contributed by atoms with van der Waals surface area (Å²) >= 11 is 5.85. The zero-order chi connectivity index (χ0) is 15.3. The van der Waals surface area contributed by atoms with E-state index in [1.54, 1.807) is 7.11 Å². The number of ether oxygens (including phenoxy) is 4. The lowest BCUT2D eigenvalue weighted by atomic mass is 10.2. The SMILES string of the molecule is CCc1cc(CCl)cc(OCCOCCOCCOC)n1. The molecule has 0 bridgehead atoms. The Morgan fingerprint density at radius 1 is 1.00 bits per heavy atom. The number of methoxy groups -OCH3 is 1. The van der Waals surface area contributed by atoms with Crippen LogP contribution in [-0.2, 0) is 26.5 Å². The zero-order valence-electron chi connectivity index (χ0n) is 12.8. The van der Waals surface area contributed by atoms with Gasteiger partial charge in [-0.1, -0.05) is 6.92 Å². The van der Waals surface area contributed by atoms with Crippen LogP contribution in [0, 0.1) is 0 Å². The summed E-state index contributed by atoms with van der Waals surface area (Å²) in [7, 11) is 1.65. The quantitative estimate of drug-likeness (QED) is 0.438. The molecule has 1 rings (SSSR count). The van der Waals surface area contributed by atoms with Crippen molar-refractivity contribution in [2.75, 3.05) is 46.8 Å². The van der Waals surface area contributed by atoms with E-state index >= 15 is 0 Å². The molecule has 0 saturated heterocycles. The van der Waals surface area contributed by atoms with Crippen LogP contribution in [0.25, 0.3) is 0 Å². The first-order valence-electron chi connectivity index (χ1n) is 7.13. The molecule has 0 fully saturated rings. The molecule has 0 aliphatic heterocycles. The summed E-state index contributed by atoms with van der Waals surface area (Å²) in [4.78, 5) is 4.39. The minimum Gasteiger partial charge on any atom is -0.475 e. The Hall–Kier alpha value is -0.880. The number of aryl methyl sites for hydroxylation is 1. The highest BCUT2D eigenvalue weighted by molar-refractivity contribution is 6.17. The van der Waals surface area contributed by atoms with Crippen molar-refractivity contribution in [2.45, 2.75) is 19.2 Å². The normalized spacial score (nSPS) is 10.8. The van der Waals surface area contributed by atoms with Gasteiger partial charge in [-0.15, -0.1) is 11.6 Å².